The number of thioether (sulfide) groups is 1. The van der Waals surface area contributed by atoms with Crippen LogP contribution in [0.5, 0.6) is 0 Å². The highest BCUT2D eigenvalue weighted by Crippen LogP contribution is 2.23. The van der Waals surface area contributed by atoms with Gasteiger partial charge in [-0.2, -0.15) is 9.78 Å². The molecule has 0 N–H and O–H groups in total. The van der Waals surface area contributed by atoms with Gasteiger partial charge in [0.15, 0.2) is 0 Å². The molecule has 7 nitrogen and oxygen atoms in total. The number of benzene rings is 2. The molecule has 28 heavy (non-hydrogen) atoms. The van der Waals surface area contributed by atoms with Crippen molar-refractivity contribution in [2.45, 2.75) is 25.4 Å². The summed E-state index contributed by atoms with van der Waals surface area (Å²) in [4.78, 5) is 12.6. The van der Waals surface area contributed by atoms with E-state index in [-0.39, 0.29) is 11.7 Å². The lowest BCUT2D eigenvalue weighted by Gasteiger charge is -2.12. The van der Waals surface area contributed by atoms with Gasteiger partial charge >= 0.3 is 0 Å². The molecule has 2 aromatic carbocycles. The van der Waals surface area contributed by atoms with E-state index in [9.17, 15) is 4.79 Å². The highest BCUT2D eigenvalue weighted by molar-refractivity contribution is 7.99. The zero-order valence-electron chi connectivity index (χ0n) is 15.7. The Labute approximate surface area is 167 Å². The Kier molecular flexibility index (Phi) is 5.21. The van der Waals surface area contributed by atoms with Crippen LogP contribution in [0.4, 0.5) is 0 Å². The summed E-state index contributed by atoms with van der Waals surface area (Å²) in [5.74, 6) is 0.183. The van der Waals surface area contributed by atoms with Crippen LogP contribution in [0.3, 0.4) is 0 Å². The maximum absolute atomic E-state index is 12.6. The van der Waals surface area contributed by atoms with Crippen molar-refractivity contribution in [3.8, 4) is 5.69 Å². The van der Waals surface area contributed by atoms with Crippen molar-refractivity contribution >= 4 is 23.4 Å². The Morgan fingerprint density at radius 3 is 2.75 bits per heavy atom. The van der Waals surface area contributed by atoms with Crippen molar-refractivity contribution in [1.82, 2.24) is 25.2 Å². The van der Waals surface area contributed by atoms with Gasteiger partial charge < -0.3 is 0 Å². The Hall–Kier alpha value is -3.00. The summed E-state index contributed by atoms with van der Waals surface area (Å²) in [7, 11) is 0. The molecule has 0 saturated carbocycles. The van der Waals surface area contributed by atoms with E-state index in [1.54, 1.807) is 9.69 Å². The smallest absolute Gasteiger partial charge is 0.253 e. The second-order valence-corrected chi connectivity index (χ2v) is 7.50. The van der Waals surface area contributed by atoms with Gasteiger partial charge in [0.1, 0.15) is 0 Å². The molecule has 3 aromatic rings. The largest absolute Gasteiger partial charge is 0.272 e. The van der Waals surface area contributed by atoms with E-state index in [2.05, 4.69) is 33.6 Å². The van der Waals surface area contributed by atoms with Crippen molar-refractivity contribution in [2.75, 3.05) is 12.3 Å². The van der Waals surface area contributed by atoms with E-state index in [0.717, 1.165) is 28.9 Å². The lowest BCUT2D eigenvalue weighted by Crippen LogP contribution is -2.25. The Morgan fingerprint density at radius 1 is 1.11 bits per heavy atom. The topological polar surface area (TPSA) is 76.3 Å². The van der Waals surface area contributed by atoms with Crippen LogP contribution in [0, 0.1) is 13.8 Å². The summed E-state index contributed by atoms with van der Waals surface area (Å²) in [5.41, 5.74) is 5.20. The van der Waals surface area contributed by atoms with E-state index >= 15 is 0 Å². The molecule has 2 heterocycles. The van der Waals surface area contributed by atoms with Gasteiger partial charge in [-0.15, -0.1) is 5.10 Å². The van der Waals surface area contributed by atoms with Gasteiger partial charge in [0, 0.05) is 6.42 Å². The standard InChI is InChI=1S/C20H20N6OS/c1-14-7-6-10-18(15(14)2)26-20(21-23-24-26)28-13-19(27)25-12-11-17(22-25)16-8-4-3-5-9-16/h3-10H,11-13H2,1-2H3. The first-order chi connectivity index (χ1) is 13.6. The van der Waals surface area contributed by atoms with Crippen LogP contribution in [-0.2, 0) is 4.79 Å². The maximum Gasteiger partial charge on any atom is 0.253 e. The van der Waals surface area contributed by atoms with Crippen LogP contribution in [0.2, 0.25) is 0 Å². The fraction of sp³-hybridized carbons (Fsp3) is 0.250. The van der Waals surface area contributed by atoms with Crippen molar-refractivity contribution in [1.29, 1.82) is 0 Å². The Bertz CT molecular complexity index is 1030. The van der Waals surface area contributed by atoms with E-state index in [0.29, 0.717) is 11.7 Å². The van der Waals surface area contributed by atoms with Gasteiger partial charge in [-0.25, -0.2) is 5.01 Å². The lowest BCUT2D eigenvalue weighted by atomic mass is 10.1. The molecule has 1 amide bonds. The molecular weight excluding hydrogens is 372 g/mol. The number of rotatable bonds is 5. The molecule has 0 unspecified atom stereocenters. The van der Waals surface area contributed by atoms with Gasteiger partial charge in [-0.1, -0.05) is 54.2 Å². The summed E-state index contributed by atoms with van der Waals surface area (Å²) >= 11 is 1.32. The van der Waals surface area contributed by atoms with Crippen LogP contribution in [0.15, 0.2) is 58.8 Å². The number of carbonyl (C=O) groups is 1. The second kappa shape index (κ2) is 7.93. The van der Waals surface area contributed by atoms with Gasteiger partial charge in [-0.05, 0) is 47.0 Å². The first-order valence-electron chi connectivity index (χ1n) is 9.04. The zero-order chi connectivity index (χ0) is 19.5. The molecule has 0 spiro atoms. The first kappa shape index (κ1) is 18.4. The van der Waals surface area contributed by atoms with Crippen LogP contribution < -0.4 is 0 Å². The molecule has 142 valence electrons. The van der Waals surface area contributed by atoms with Gasteiger partial charge in [0.25, 0.3) is 5.91 Å². The van der Waals surface area contributed by atoms with Crippen molar-refractivity contribution in [3.05, 3.63) is 65.2 Å². The molecule has 1 aromatic heterocycles. The Morgan fingerprint density at radius 2 is 1.93 bits per heavy atom. The van der Waals surface area contributed by atoms with Crippen LogP contribution >= 0.6 is 11.8 Å². The predicted octanol–water partition coefficient (Wildman–Crippen LogP) is 3.01. The minimum Gasteiger partial charge on any atom is -0.272 e. The molecule has 4 rings (SSSR count). The number of hydrogen-bond acceptors (Lipinski definition) is 6. The van der Waals surface area contributed by atoms with Crippen LogP contribution in [0.25, 0.3) is 5.69 Å². The third-order valence-electron chi connectivity index (χ3n) is 4.77. The van der Waals surface area contributed by atoms with E-state index in [4.69, 9.17) is 0 Å². The number of hydrazone groups is 1. The Balaban J connectivity index is 1.45. The third-order valence-corrected chi connectivity index (χ3v) is 5.67. The van der Waals surface area contributed by atoms with E-state index in [1.807, 2.05) is 49.4 Å². The van der Waals surface area contributed by atoms with E-state index in [1.165, 1.54) is 17.3 Å². The maximum atomic E-state index is 12.6. The second-order valence-electron chi connectivity index (χ2n) is 6.56. The van der Waals surface area contributed by atoms with E-state index < -0.39 is 0 Å². The summed E-state index contributed by atoms with van der Waals surface area (Å²) in [6.07, 6.45) is 0.765. The van der Waals surface area contributed by atoms with Gasteiger partial charge in [0.2, 0.25) is 5.16 Å². The molecule has 1 aliphatic rings. The summed E-state index contributed by atoms with van der Waals surface area (Å²) < 4.78 is 1.68. The molecule has 8 heteroatoms. The number of aryl methyl sites for hydroxylation is 1. The SMILES string of the molecule is Cc1cccc(-n2nnnc2SCC(=O)N2CCC(c3ccccc3)=N2)c1C. The lowest BCUT2D eigenvalue weighted by molar-refractivity contribution is -0.127. The minimum absolute atomic E-state index is 0.0496. The van der Waals surface area contributed by atoms with Crippen molar-refractivity contribution < 1.29 is 4.79 Å². The fourth-order valence-electron chi connectivity index (χ4n) is 3.06. The molecule has 0 radical (unpaired) electrons. The van der Waals surface area contributed by atoms with Crippen molar-refractivity contribution in [2.24, 2.45) is 5.10 Å². The molecule has 1 aliphatic heterocycles. The summed E-state index contributed by atoms with van der Waals surface area (Å²) in [6.45, 7) is 4.69. The number of nitrogens with zero attached hydrogens (tertiary/aromatic N) is 6. The first-order valence-corrected chi connectivity index (χ1v) is 10.0. The summed E-state index contributed by atoms with van der Waals surface area (Å²) in [6, 6.07) is 16.0. The molecular formula is C20H20N6OS. The third kappa shape index (κ3) is 3.68. The number of carbonyl (C=O) groups excluding carboxylic acids is 1. The number of hydrogen-bond donors (Lipinski definition) is 0. The highest BCUT2D eigenvalue weighted by atomic mass is 32.2. The quantitative estimate of drug-likeness (QED) is 0.624. The molecule has 0 saturated heterocycles. The molecule has 0 aliphatic carbocycles. The number of amides is 1. The van der Waals surface area contributed by atoms with Crippen LogP contribution in [0.1, 0.15) is 23.1 Å². The number of tetrazole rings is 1. The monoisotopic (exact) mass is 392 g/mol. The normalized spacial score (nSPS) is 13.6. The molecule has 0 fully saturated rings. The van der Waals surface area contributed by atoms with Gasteiger partial charge in [0.05, 0.1) is 23.7 Å². The van der Waals surface area contributed by atoms with Crippen LogP contribution in [-0.4, -0.2) is 49.1 Å². The number of aromatic nitrogens is 4. The van der Waals surface area contributed by atoms with Gasteiger partial charge in [-0.3, -0.25) is 4.79 Å². The predicted molar refractivity (Wildman–Crippen MR) is 109 cm³/mol. The fourth-order valence-corrected chi connectivity index (χ4v) is 3.81. The minimum atomic E-state index is -0.0496. The average Bonchev–Trinajstić information content (AvgIpc) is 3.39. The van der Waals surface area contributed by atoms with Crippen molar-refractivity contribution in [3.63, 3.8) is 0 Å². The average molecular weight is 392 g/mol. The molecule has 0 bridgehead atoms. The molecule has 0 atom stereocenters. The summed E-state index contributed by atoms with van der Waals surface area (Å²) in [5, 5.41) is 18.6. The zero-order valence-corrected chi connectivity index (χ0v) is 16.6. The highest BCUT2D eigenvalue weighted by Gasteiger charge is 2.22.